The standard InChI is InChI=1S/C24H22N4O2/c1-15-21(22(28-30-15)17-7-3-2-4-8-17)20-14-25-23(27-20)18-9-5-6-10-19(18)24(29)26-13-16-11-12-16/h2-10,14,16H,11-13H2,1H3,(H,25,27)(H,26,29). The van der Waals surface area contributed by atoms with Crippen LogP contribution >= 0.6 is 0 Å². The molecular formula is C24H22N4O2. The lowest BCUT2D eigenvalue weighted by Gasteiger charge is -2.08. The molecule has 2 aromatic carbocycles. The number of aryl methyl sites for hydroxylation is 1. The zero-order chi connectivity index (χ0) is 20.5. The van der Waals surface area contributed by atoms with E-state index >= 15 is 0 Å². The Balaban J connectivity index is 1.49. The van der Waals surface area contributed by atoms with Gasteiger partial charge in [0.1, 0.15) is 17.3 Å². The van der Waals surface area contributed by atoms with Gasteiger partial charge in [0.2, 0.25) is 0 Å². The quantitative estimate of drug-likeness (QED) is 0.486. The minimum atomic E-state index is -0.0680. The molecule has 0 aliphatic heterocycles. The second-order valence-corrected chi connectivity index (χ2v) is 7.67. The van der Waals surface area contributed by atoms with E-state index in [9.17, 15) is 4.79 Å². The number of carbonyl (C=O) groups excluding carboxylic acids is 1. The molecular weight excluding hydrogens is 376 g/mol. The minimum absolute atomic E-state index is 0.0680. The molecule has 4 aromatic rings. The van der Waals surface area contributed by atoms with Crippen molar-refractivity contribution in [3.63, 3.8) is 0 Å². The number of aromatic amines is 1. The molecule has 1 fully saturated rings. The van der Waals surface area contributed by atoms with Crippen LogP contribution in [-0.4, -0.2) is 27.6 Å². The number of rotatable bonds is 6. The molecule has 0 bridgehead atoms. The first-order valence-corrected chi connectivity index (χ1v) is 10.2. The largest absolute Gasteiger partial charge is 0.360 e. The fourth-order valence-electron chi connectivity index (χ4n) is 3.61. The lowest BCUT2D eigenvalue weighted by atomic mass is 10.0. The maximum absolute atomic E-state index is 12.7. The highest BCUT2D eigenvalue weighted by Crippen LogP contribution is 2.34. The smallest absolute Gasteiger partial charge is 0.252 e. The predicted molar refractivity (Wildman–Crippen MR) is 115 cm³/mol. The second-order valence-electron chi connectivity index (χ2n) is 7.67. The summed E-state index contributed by atoms with van der Waals surface area (Å²) in [6, 6.07) is 17.4. The molecule has 5 rings (SSSR count). The summed E-state index contributed by atoms with van der Waals surface area (Å²) in [4.78, 5) is 20.7. The van der Waals surface area contributed by atoms with Crippen molar-refractivity contribution in [1.82, 2.24) is 20.4 Å². The van der Waals surface area contributed by atoms with Crippen molar-refractivity contribution in [2.75, 3.05) is 6.54 Å². The van der Waals surface area contributed by atoms with Crippen molar-refractivity contribution in [3.8, 4) is 33.9 Å². The number of benzene rings is 2. The number of nitrogens with one attached hydrogen (secondary N) is 2. The Morgan fingerprint density at radius 2 is 1.90 bits per heavy atom. The Hall–Kier alpha value is -3.67. The van der Waals surface area contributed by atoms with Crippen LogP contribution in [0.2, 0.25) is 0 Å². The molecule has 0 spiro atoms. The number of carbonyl (C=O) groups is 1. The summed E-state index contributed by atoms with van der Waals surface area (Å²) in [6.07, 6.45) is 4.16. The summed E-state index contributed by atoms with van der Waals surface area (Å²) in [6.45, 7) is 2.62. The fraction of sp³-hybridized carbons (Fsp3) is 0.208. The molecule has 0 radical (unpaired) electrons. The van der Waals surface area contributed by atoms with Gasteiger partial charge < -0.3 is 14.8 Å². The van der Waals surface area contributed by atoms with Crippen LogP contribution in [0, 0.1) is 12.8 Å². The Kier molecular flexibility index (Phi) is 4.67. The third-order valence-electron chi connectivity index (χ3n) is 5.43. The van der Waals surface area contributed by atoms with Crippen LogP contribution in [0.5, 0.6) is 0 Å². The molecule has 2 heterocycles. The van der Waals surface area contributed by atoms with Crippen LogP contribution in [0.15, 0.2) is 65.3 Å². The zero-order valence-electron chi connectivity index (χ0n) is 16.7. The topological polar surface area (TPSA) is 83.8 Å². The molecule has 0 atom stereocenters. The van der Waals surface area contributed by atoms with Gasteiger partial charge in [-0.2, -0.15) is 0 Å². The van der Waals surface area contributed by atoms with Crippen LogP contribution < -0.4 is 5.32 Å². The molecule has 2 aromatic heterocycles. The summed E-state index contributed by atoms with van der Waals surface area (Å²) in [5.74, 6) is 1.91. The van der Waals surface area contributed by atoms with Gasteiger partial charge in [0, 0.05) is 17.7 Å². The number of hydrogen-bond acceptors (Lipinski definition) is 4. The normalized spacial score (nSPS) is 13.4. The molecule has 0 unspecified atom stereocenters. The molecule has 1 aliphatic rings. The Morgan fingerprint density at radius 1 is 1.13 bits per heavy atom. The molecule has 6 heteroatoms. The van der Waals surface area contributed by atoms with Gasteiger partial charge in [0.15, 0.2) is 0 Å². The van der Waals surface area contributed by atoms with Crippen LogP contribution in [0.4, 0.5) is 0 Å². The lowest BCUT2D eigenvalue weighted by Crippen LogP contribution is -2.26. The SMILES string of the molecule is Cc1onc(-c2ccccc2)c1-c1cnc(-c2ccccc2C(=O)NCC2CC2)[nH]1. The highest BCUT2D eigenvalue weighted by atomic mass is 16.5. The second kappa shape index (κ2) is 7.63. The van der Waals surface area contributed by atoms with Gasteiger partial charge in [0.05, 0.1) is 23.0 Å². The molecule has 1 aliphatic carbocycles. The van der Waals surface area contributed by atoms with Gasteiger partial charge in [-0.25, -0.2) is 4.98 Å². The molecule has 150 valence electrons. The third-order valence-corrected chi connectivity index (χ3v) is 5.43. The van der Waals surface area contributed by atoms with Crippen LogP contribution in [0.3, 0.4) is 0 Å². The van der Waals surface area contributed by atoms with E-state index in [1.807, 2.05) is 61.5 Å². The first-order chi connectivity index (χ1) is 14.7. The summed E-state index contributed by atoms with van der Waals surface area (Å²) >= 11 is 0. The van der Waals surface area contributed by atoms with Gasteiger partial charge in [-0.15, -0.1) is 0 Å². The van der Waals surface area contributed by atoms with E-state index in [0.717, 1.165) is 34.6 Å². The Morgan fingerprint density at radius 3 is 2.70 bits per heavy atom. The van der Waals surface area contributed by atoms with Gasteiger partial charge >= 0.3 is 0 Å². The average Bonchev–Trinajstić information content (AvgIpc) is 3.35. The minimum Gasteiger partial charge on any atom is -0.360 e. The highest BCUT2D eigenvalue weighted by Gasteiger charge is 2.23. The Labute approximate surface area is 174 Å². The molecule has 1 saturated carbocycles. The van der Waals surface area contributed by atoms with Gasteiger partial charge in [-0.05, 0) is 31.7 Å². The van der Waals surface area contributed by atoms with Crippen molar-refractivity contribution in [1.29, 1.82) is 0 Å². The maximum atomic E-state index is 12.7. The van der Waals surface area contributed by atoms with Crippen LogP contribution in [0.1, 0.15) is 29.0 Å². The number of nitrogens with zero attached hydrogens (tertiary/aromatic N) is 2. The molecule has 2 N–H and O–H groups in total. The van der Waals surface area contributed by atoms with E-state index in [1.54, 1.807) is 6.20 Å². The summed E-state index contributed by atoms with van der Waals surface area (Å²) < 4.78 is 5.48. The molecule has 6 nitrogen and oxygen atoms in total. The monoisotopic (exact) mass is 398 g/mol. The number of hydrogen-bond donors (Lipinski definition) is 2. The van der Waals surface area contributed by atoms with E-state index in [1.165, 1.54) is 12.8 Å². The number of imidazole rings is 1. The Bertz CT molecular complexity index is 1190. The van der Waals surface area contributed by atoms with Crippen LogP contribution in [-0.2, 0) is 0 Å². The van der Waals surface area contributed by atoms with Crippen molar-refractivity contribution in [2.45, 2.75) is 19.8 Å². The lowest BCUT2D eigenvalue weighted by molar-refractivity contribution is 0.0952. The van der Waals surface area contributed by atoms with Gasteiger partial charge in [-0.3, -0.25) is 4.79 Å². The molecule has 0 saturated heterocycles. The van der Waals surface area contributed by atoms with E-state index in [4.69, 9.17) is 4.52 Å². The maximum Gasteiger partial charge on any atom is 0.252 e. The van der Waals surface area contributed by atoms with E-state index in [-0.39, 0.29) is 5.91 Å². The van der Waals surface area contributed by atoms with Crippen LogP contribution in [0.25, 0.3) is 33.9 Å². The number of H-pyrrole nitrogens is 1. The number of aromatic nitrogens is 3. The predicted octanol–water partition coefficient (Wildman–Crippen LogP) is 4.85. The van der Waals surface area contributed by atoms with Crippen molar-refractivity contribution < 1.29 is 9.32 Å². The summed E-state index contributed by atoms with van der Waals surface area (Å²) in [5.41, 5.74) is 4.79. The molecule has 30 heavy (non-hydrogen) atoms. The van der Waals surface area contributed by atoms with E-state index < -0.39 is 0 Å². The fourth-order valence-corrected chi connectivity index (χ4v) is 3.61. The van der Waals surface area contributed by atoms with Crippen molar-refractivity contribution in [3.05, 3.63) is 72.1 Å². The first-order valence-electron chi connectivity index (χ1n) is 10.2. The van der Waals surface area contributed by atoms with Crippen molar-refractivity contribution in [2.24, 2.45) is 5.92 Å². The van der Waals surface area contributed by atoms with E-state index in [2.05, 4.69) is 20.4 Å². The highest BCUT2D eigenvalue weighted by molar-refractivity contribution is 6.00. The summed E-state index contributed by atoms with van der Waals surface area (Å²) in [7, 11) is 0. The average molecular weight is 398 g/mol. The summed E-state index contributed by atoms with van der Waals surface area (Å²) in [5, 5.41) is 7.29. The van der Waals surface area contributed by atoms with Gasteiger partial charge in [0.25, 0.3) is 5.91 Å². The zero-order valence-corrected chi connectivity index (χ0v) is 16.7. The third kappa shape index (κ3) is 3.52. The van der Waals surface area contributed by atoms with Crippen molar-refractivity contribution >= 4 is 5.91 Å². The van der Waals surface area contributed by atoms with Gasteiger partial charge in [-0.1, -0.05) is 53.7 Å². The van der Waals surface area contributed by atoms with E-state index in [0.29, 0.717) is 23.1 Å². The first kappa shape index (κ1) is 18.4. The number of amides is 1. The molecule has 1 amide bonds.